The summed E-state index contributed by atoms with van der Waals surface area (Å²) in [5.74, 6) is -0.576. The van der Waals surface area contributed by atoms with Crippen LogP contribution >= 0.6 is 11.6 Å². The van der Waals surface area contributed by atoms with Crippen LogP contribution in [0.15, 0.2) is 71.6 Å². The van der Waals surface area contributed by atoms with Gasteiger partial charge in [-0.2, -0.15) is 17.5 Å². The smallest absolute Gasteiger partial charge is 0.417 e. The number of rotatable bonds is 9. The lowest BCUT2D eigenvalue weighted by atomic mass is 10.2. The van der Waals surface area contributed by atoms with Gasteiger partial charge in [-0.1, -0.05) is 41.9 Å². The molecule has 0 fully saturated rings. The van der Waals surface area contributed by atoms with Crippen molar-refractivity contribution in [1.82, 2.24) is 4.31 Å². The van der Waals surface area contributed by atoms with Gasteiger partial charge in [-0.05, 0) is 35.9 Å². The van der Waals surface area contributed by atoms with E-state index >= 15 is 0 Å². The largest absolute Gasteiger partial charge is 0.497 e. The van der Waals surface area contributed by atoms with E-state index in [1.807, 2.05) is 0 Å². The van der Waals surface area contributed by atoms with E-state index in [1.165, 1.54) is 38.5 Å². The van der Waals surface area contributed by atoms with Crippen molar-refractivity contribution >= 4 is 33.2 Å². The number of ether oxygens (including phenoxy) is 2. The second-order valence-electron chi connectivity index (χ2n) is 7.52. The zero-order chi connectivity index (χ0) is 26.5. The fourth-order valence-corrected chi connectivity index (χ4v) is 5.10. The third kappa shape index (κ3) is 6.48. The van der Waals surface area contributed by atoms with Gasteiger partial charge in [0.2, 0.25) is 15.9 Å². The molecule has 0 aliphatic heterocycles. The highest BCUT2D eigenvalue weighted by Crippen LogP contribution is 2.36. The number of sulfonamides is 1. The van der Waals surface area contributed by atoms with Crippen molar-refractivity contribution in [3.63, 3.8) is 0 Å². The molecule has 0 spiro atoms. The molecular weight excluding hydrogens is 521 g/mol. The number of hydrogen-bond acceptors (Lipinski definition) is 5. The van der Waals surface area contributed by atoms with Gasteiger partial charge in [0.05, 0.1) is 31.4 Å². The summed E-state index contributed by atoms with van der Waals surface area (Å²) in [7, 11) is -1.66. The van der Waals surface area contributed by atoms with Crippen molar-refractivity contribution in [3.05, 3.63) is 82.9 Å². The zero-order valence-electron chi connectivity index (χ0n) is 19.2. The predicted octanol–water partition coefficient (Wildman–Crippen LogP) is 5.21. The average molecular weight is 543 g/mol. The standard InChI is InChI=1S/C24H22ClF3N2O5S/c1-34-18-9-11-21(35-2)22(13-18)36(32,33)30(14-16-6-4-3-5-7-16)15-23(31)29-17-8-10-20(25)19(12-17)24(26,27)28/h3-13H,14-15H2,1-2H3,(H,29,31). The van der Waals surface area contributed by atoms with Crippen molar-refractivity contribution in [1.29, 1.82) is 0 Å². The minimum absolute atomic E-state index is 0.0294. The van der Waals surface area contributed by atoms with Crippen LogP contribution in [0.4, 0.5) is 18.9 Å². The van der Waals surface area contributed by atoms with E-state index in [9.17, 15) is 26.4 Å². The summed E-state index contributed by atoms with van der Waals surface area (Å²) < 4.78 is 78.1. The Balaban J connectivity index is 1.96. The molecule has 0 radical (unpaired) electrons. The Morgan fingerprint density at radius 3 is 2.31 bits per heavy atom. The van der Waals surface area contributed by atoms with Crippen molar-refractivity contribution in [2.45, 2.75) is 17.6 Å². The van der Waals surface area contributed by atoms with Crippen LogP contribution in [-0.2, 0) is 27.5 Å². The van der Waals surface area contributed by atoms with E-state index in [4.69, 9.17) is 21.1 Å². The minimum atomic E-state index is -4.73. The molecule has 0 heterocycles. The van der Waals surface area contributed by atoms with Gasteiger partial charge in [-0.25, -0.2) is 8.42 Å². The first-order valence-corrected chi connectivity index (χ1v) is 12.2. The first-order valence-electron chi connectivity index (χ1n) is 10.4. The lowest BCUT2D eigenvalue weighted by Crippen LogP contribution is -2.37. The van der Waals surface area contributed by atoms with E-state index in [-0.39, 0.29) is 28.6 Å². The lowest BCUT2D eigenvalue weighted by molar-refractivity contribution is -0.137. The highest BCUT2D eigenvalue weighted by atomic mass is 35.5. The molecule has 1 amide bonds. The Morgan fingerprint density at radius 1 is 1.00 bits per heavy atom. The van der Waals surface area contributed by atoms with Gasteiger partial charge in [-0.15, -0.1) is 0 Å². The maximum absolute atomic E-state index is 13.6. The van der Waals surface area contributed by atoms with Gasteiger partial charge in [0, 0.05) is 18.3 Å². The van der Waals surface area contributed by atoms with Crippen LogP contribution in [0.25, 0.3) is 0 Å². The predicted molar refractivity (Wildman–Crippen MR) is 129 cm³/mol. The SMILES string of the molecule is COc1ccc(OC)c(S(=O)(=O)N(CC(=O)Nc2ccc(Cl)c(C(F)(F)F)c2)Cc2ccccc2)c1. The summed E-state index contributed by atoms with van der Waals surface area (Å²) in [4.78, 5) is 12.6. The van der Waals surface area contributed by atoms with Crippen LogP contribution in [0.1, 0.15) is 11.1 Å². The number of benzene rings is 3. The number of alkyl halides is 3. The quantitative estimate of drug-likeness (QED) is 0.401. The number of nitrogens with zero attached hydrogens (tertiary/aromatic N) is 1. The number of methoxy groups -OCH3 is 2. The molecule has 0 saturated carbocycles. The molecular formula is C24H22ClF3N2O5S. The second kappa shape index (κ2) is 11.2. The number of nitrogens with one attached hydrogen (secondary N) is 1. The number of anilines is 1. The average Bonchev–Trinajstić information content (AvgIpc) is 2.84. The van der Waals surface area contributed by atoms with E-state index in [2.05, 4.69) is 5.32 Å². The Bertz CT molecular complexity index is 1340. The topological polar surface area (TPSA) is 84.9 Å². The summed E-state index contributed by atoms with van der Waals surface area (Å²) in [5, 5.41) is 1.78. The van der Waals surface area contributed by atoms with Crippen molar-refractivity contribution < 1.29 is 35.9 Å². The molecule has 192 valence electrons. The highest BCUT2D eigenvalue weighted by Gasteiger charge is 2.34. The molecule has 3 rings (SSSR count). The van der Waals surface area contributed by atoms with Gasteiger partial charge < -0.3 is 14.8 Å². The number of halogens is 4. The van der Waals surface area contributed by atoms with Crippen LogP contribution in [0.2, 0.25) is 5.02 Å². The minimum Gasteiger partial charge on any atom is -0.497 e. The molecule has 3 aromatic rings. The second-order valence-corrected chi connectivity index (χ2v) is 9.83. The summed E-state index contributed by atoms with van der Waals surface area (Å²) in [6.45, 7) is -0.882. The van der Waals surface area contributed by atoms with Gasteiger partial charge in [0.1, 0.15) is 16.4 Å². The zero-order valence-corrected chi connectivity index (χ0v) is 20.7. The normalized spacial score (nSPS) is 11.9. The van der Waals surface area contributed by atoms with Gasteiger partial charge in [-0.3, -0.25) is 4.79 Å². The fraction of sp³-hybridized carbons (Fsp3) is 0.208. The first kappa shape index (κ1) is 27.3. The van der Waals surface area contributed by atoms with Crippen molar-refractivity contribution in [2.75, 3.05) is 26.1 Å². The molecule has 0 aromatic heterocycles. The maximum Gasteiger partial charge on any atom is 0.417 e. The lowest BCUT2D eigenvalue weighted by Gasteiger charge is -2.23. The number of hydrogen-bond donors (Lipinski definition) is 1. The van der Waals surface area contributed by atoms with Crippen LogP contribution in [0.5, 0.6) is 11.5 Å². The van der Waals surface area contributed by atoms with E-state index in [1.54, 1.807) is 30.3 Å². The monoisotopic (exact) mass is 542 g/mol. The molecule has 1 N–H and O–H groups in total. The molecule has 12 heteroatoms. The molecule has 0 saturated heterocycles. The molecule has 0 aliphatic rings. The highest BCUT2D eigenvalue weighted by molar-refractivity contribution is 7.89. The van der Waals surface area contributed by atoms with Gasteiger partial charge in [0.25, 0.3) is 0 Å². The third-order valence-corrected chi connectivity index (χ3v) is 7.21. The summed E-state index contributed by atoms with van der Waals surface area (Å²) in [5.41, 5.74) is -0.730. The summed E-state index contributed by atoms with van der Waals surface area (Å²) in [6, 6.07) is 15.6. The molecule has 0 aliphatic carbocycles. The van der Waals surface area contributed by atoms with Crippen LogP contribution < -0.4 is 14.8 Å². The molecule has 0 unspecified atom stereocenters. The number of carbonyl (C=O) groups is 1. The molecule has 7 nitrogen and oxygen atoms in total. The molecule has 0 bridgehead atoms. The number of carbonyl (C=O) groups excluding carboxylic acids is 1. The first-order chi connectivity index (χ1) is 17.0. The molecule has 3 aromatic carbocycles. The Morgan fingerprint density at radius 2 is 1.69 bits per heavy atom. The number of amides is 1. The van der Waals surface area contributed by atoms with E-state index < -0.39 is 39.2 Å². The van der Waals surface area contributed by atoms with E-state index in [0.29, 0.717) is 11.6 Å². The summed E-state index contributed by atoms with van der Waals surface area (Å²) in [6.07, 6.45) is -4.73. The van der Waals surface area contributed by atoms with Crippen LogP contribution in [-0.4, -0.2) is 39.4 Å². The third-order valence-electron chi connectivity index (χ3n) is 5.07. The molecule has 0 atom stereocenters. The van der Waals surface area contributed by atoms with Crippen LogP contribution in [0.3, 0.4) is 0 Å². The van der Waals surface area contributed by atoms with Gasteiger partial charge >= 0.3 is 6.18 Å². The summed E-state index contributed by atoms with van der Waals surface area (Å²) >= 11 is 5.63. The maximum atomic E-state index is 13.6. The van der Waals surface area contributed by atoms with Gasteiger partial charge in [0.15, 0.2) is 0 Å². The Hall–Kier alpha value is -3.28. The Labute approximate surface area is 211 Å². The Kier molecular flexibility index (Phi) is 8.49. The van der Waals surface area contributed by atoms with Crippen LogP contribution in [0, 0.1) is 0 Å². The van der Waals surface area contributed by atoms with E-state index in [0.717, 1.165) is 10.4 Å². The fourth-order valence-electron chi connectivity index (χ4n) is 3.32. The van der Waals surface area contributed by atoms with Crippen molar-refractivity contribution in [2.24, 2.45) is 0 Å². The van der Waals surface area contributed by atoms with Crippen molar-refractivity contribution in [3.8, 4) is 11.5 Å². The molecule has 36 heavy (non-hydrogen) atoms.